The smallest absolute Gasteiger partial charge is 0.303 e. The Morgan fingerprint density at radius 1 is 1.46 bits per heavy atom. The van der Waals surface area contributed by atoms with Crippen molar-refractivity contribution in [3.8, 4) is 0 Å². The molecule has 0 radical (unpaired) electrons. The molecule has 0 spiro atoms. The first-order valence-electron chi connectivity index (χ1n) is 8.75. The summed E-state index contributed by atoms with van der Waals surface area (Å²) >= 11 is 0. The van der Waals surface area contributed by atoms with Gasteiger partial charge in [0, 0.05) is 32.4 Å². The summed E-state index contributed by atoms with van der Waals surface area (Å²) in [6.45, 7) is 2.49. The van der Waals surface area contributed by atoms with E-state index in [0.29, 0.717) is 41.8 Å². The Hall–Kier alpha value is -3.47. The number of anilines is 4. The third kappa shape index (κ3) is 5.77. The Labute approximate surface area is 162 Å². The van der Waals surface area contributed by atoms with Crippen LogP contribution in [0.4, 0.5) is 23.1 Å². The number of carboxylic acid groups (broad SMARTS) is 1. The first-order valence-corrected chi connectivity index (χ1v) is 8.75. The maximum absolute atomic E-state index is 10.6. The fourth-order valence-electron chi connectivity index (χ4n) is 2.38. The second kappa shape index (κ2) is 10.0. The molecule has 0 unspecified atom stereocenters. The Kier molecular flexibility index (Phi) is 7.45. The second-order valence-corrected chi connectivity index (χ2v) is 5.88. The minimum absolute atomic E-state index is 0.0913. The summed E-state index contributed by atoms with van der Waals surface area (Å²) in [5.74, 6) is 5.98. The van der Waals surface area contributed by atoms with Gasteiger partial charge in [-0.3, -0.25) is 19.5 Å². The standard InChI is InChI=1S/C17H25N9O2/c1-3-5-13(9-20-2)26(19)16-14(18)10-21-17(24-16)23-12-8-22-25(11-12)7-4-6-15(27)28/h5,8-11H,3-4,6-7,18-19H2,1-2H3,(H,27,28)(H,21,23,24)/b13-5+,20-9?. The number of nitrogens with two attached hydrogens (primary N) is 2. The van der Waals surface area contributed by atoms with Crippen LogP contribution in [-0.4, -0.2) is 44.1 Å². The molecule has 28 heavy (non-hydrogen) atoms. The van der Waals surface area contributed by atoms with Crippen LogP contribution < -0.4 is 21.9 Å². The second-order valence-electron chi connectivity index (χ2n) is 5.88. The minimum Gasteiger partial charge on any atom is -0.481 e. The molecule has 0 fully saturated rings. The van der Waals surface area contributed by atoms with Crippen LogP contribution in [-0.2, 0) is 11.3 Å². The van der Waals surface area contributed by atoms with Gasteiger partial charge < -0.3 is 16.2 Å². The lowest BCUT2D eigenvalue weighted by Crippen LogP contribution is -2.32. The zero-order valence-corrected chi connectivity index (χ0v) is 15.9. The van der Waals surface area contributed by atoms with Crippen molar-refractivity contribution in [2.45, 2.75) is 32.7 Å². The highest BCUT2D eigenvalue weighted by Gasteiger charge is 2.14. The zero-order chi connectivity index (χ0) is 20.5. The van der Waals surface area contributed by atoms with E-state index in [1.54, 1.807) is 30.3 Å². The van der Waals surface area contributed by atoms with Crippen molar-refractivity contribution >= 4 is 35.3 Å². The zero-order valence-electron chi connectivity index (χ0n) is 15.9. The molecule has 0 saturated heterocycles. The molecule has 150 valence electrons. The van der Waals surface area contributed by atoms with Crippen LogP contribution >= 0.6 is 0 Å². The van der Waals surface area contributed by atoms with Crippen LogP contribution in [0, 0.1) is 0 Å². The number of carbonyl (C=O) groups is 1. The first-order chi connectivity index (χ1) is 13.4. The predicted molar refractivity (Wildman–Crippen MR) is 108 cm³/mol. The number of aliphatic imine (C=N–C) groups is 1. The van der Waals surface area contributed by atoms with Gasteiger partial charge in [-0.1, -0.05) is 13.0 Å². The Balaban J connectivity index is 2.14. The van der Waals surface area contributed by atoms with E-state index in [0.717, 1.165) is 6.42 Å². The lowest BCUT2D eigenvalue weighted by molar-refractivity contribution is -0.137. The summed E-state index contributed by atoms with van der Waals surface area (Å²) in [4.78, 5) is 23.1. The van der Waals surface area contributed by atoms with Gasteiger partial charge in [0.2, 0.25) is 5.95 Å². The van der Waals surface area contributed by atoms with E-state index in [-0.39, 0.29) is 6.42 Å². The minimum atomic E-state index is -0.829. The lowest BCUT2D eigenvalue weighted by atomic mass is 10.3. The van der Waals surface area contributed by atoms with E-state index in [4.69, 9.17) is 16.7 Å². The summed E-state index contributed by atoms with van der Waals surface area (Å²) in [6, 6.07) is 0. The molecule has 0 saturated carbocycles. The monoisotopic (exact) mass is 387 g/mol. The Morgan fingerprint density at radius 3 is 2.93 bits per heavy atom. The quantitative estimate of drug-likeness (QED) is 0.269. The fourth-order valence-corrected chi connectivity index (χ4v) is 2.38. The number of nitrogens with zero attached hydrogens (tertiary/aromatic N) is 6. The van der Waals surface area contributed by atoms with Gasteiger partial charge in [-0.25, -0.2) is 10.8 Å². The SMILES string of the molecule is CC/C=C(\C=NC)N(N)c1nc(Nc2cnn(CCCC(=O)O)c2)ncc1N. The number of nitrogens with one attached hydrogen (secondary N) is 1. The summed E-state index contributed by atoms with van der Waals surface area (Å²) < 4.78 is 1.65. The Morgan fingerprint density at radius 2 is 2.25 bits per heavy atom. The number of hydrogen-bond acceptors (Lipinski definition) is 9. The molecule has 0 aliphatic carbocycles. The summed E-state index contributed by atoms with van der Waals surface area (Å²) in [7, 11) is 1.65. The molecule has 0 aromatic carbocycles. The largest absolute Gasteiger partial charge is 0.481 e. The number of nitrogen functional groups attached to an aromatic ring is 1. The molecule has 2 aromatic heterocycles. The molecule has 2 heterocycles. The highest BCUT2D eigenvalue weighted by atomic mass is 16.4. The third-order valence-corrected chi connectivity index (χ3v) is 3.64. The summed E-state index contributed by atoms with van der Waals surface area (Å²) in [5, 5.41) is 17.3. The Bertz CT molecular complexity index is 860. The van der Waals surface area contributed by atoms with Gasteiger partial charge in [0.25, 0.3) is 0 Å². The average Bonchev–Trinajstić information content (AvgIpc) is 3.09. The van der Waals surface area contributed by atoms with Crippen molar-refractivity contribution in [1.82, 2.24) is 19.7 Å². The van der Waals surface area contributed by atoms with Gasteiger partial charge in [-0.15, -0.1) is 0 Å². The van der Waals surface area contributed by atoms with Gasteiger partial charge in [-0.2, -0.15) is 10.1 Å². The highest BCUT2D eigenvalue weighted by Crippen LogP contribution is 2.23. The number of allylic oxidation sites excluding steroid dienone is 2. The topological polar surface area (TPSA) is 161 Å². The van der Waals surface area contributed by atoms with Crippen LogP contribution in [0.5, 0.6) is 0 Å². The highest BCUT2D eigenvalue weighted by molar-refractivity contribution is 5.85. The summed E-state index contributed by atoms with van der Waals surface area (Å²) in [5.41, 5.74) is 7.63. The van der Waals surface area contributed by atoms with E-state index in [1.807, 2.05) is 13.0 Å². The van der Waals surface area contributed by atoms with Crippen molar-refractivity contribution in [3.05, 3.63) is 30.4 Å². The van der Waals surface area contributed by atoms with Crippen LogP contribution in [0.25, 0.3) is 0 Å². The maximum Gasteiger partial charge on any atom is 0.303 e. The van der Waals surface area contributed by atoms with Crippen molar-refractivity contribution < 1.29 is 9.90 Å². The molecular weight excluding hydrogens is 362 g/mol. The van der Waals surface area contributed by atoms with E-state index in [1.165, 1.54) is 11.2 Å². The van der Waals surface area contributed by atoms with Crippen molar-refractivity contribution in [3.63, 3.8) is 0 Å². The van der Waals surface area contributed by atoms with Gasteiger partial charge in [0.1, 0.15) is 0 Å². The molecule has 0 bridgehead atoms. The molecule has 11 heteroatoms. The van der Waals surface area contributed by atoms with Crippen molar-refractivity contribution in [1.29, 1.82) is 0 Å². The number of rotatable bonds is 10. The van der Waals surface area contributed by atoms with Crippen molar-refractivity contribution in [2.24, 2.45) is 10.8 Å². The predicted octanol–water partition coefficient (Wildman–Crippen LogP) is 1.54. The number of aliphatic carboxylic acids is 1. The van der Waals surface area contributed by atoms with E-state index >= 15 is 0 Å². The first kappa shape index (κ1) is 20.8. The molecule has 6 N–H and O–H groups in total. The number of aromatic nitrogens is 4. The summed E-state index contributed by atoms with van der Waals surface area (Å²) in [6.07, 6.45) is 9.70. The molecule has 2 rings (SSSR count). The van der Waals surface area contributed by atoms with Gasteiger partial charge in [0.05, 0.1) is 29.5 Å². The average molecular weight is 387 g/mol. The number of aryl methyl sites for hydroxylation is 1. The fraction of sp³-hybridized carbons (Fsp3) is 0.353. The molecule has 2 aromatic rings. The molecule has 11 nitrogen and oxygen atoms in total. The van der Waals surface area contributed by atoms with Gasteiger partial charge in [-0.05, 0) is 12.8 Å². The molecule has 0 amide bonds. The van der Waals surface area contributed by atoms with Gasteiger partial charge in [0.15, 0.2) is 5.82 Å². The van der Waals surface area contributed by atoms with E-state index in [2.05, 4.69) is 25.4 Å². The van der Waals surface area contributed by atoms with Crippen LogP contribution in [0.3, 0.4) is 0 Å². The van der Waals surface area contributed by atoms with Crippen LogP contribution in [0.15, 0.2) is 35.4 Å². The van der Waals surface area contributed by atoms with Gasteiger partial charge >= 0.3 is 5.97 Å². The number of hydrogen-bond donors (Lipinski definition) is 4. The van der Waals surface area contributed by atoms with E-state index < -0.39 is 5.97 Å². The van der Waals surface area contributed by atoms with Crippen molar-refractivity contribution in [2.75, 3.05) is 23.1 Å². The molecular formula is C17H25N9O2. The van der Waals surface area contributed by atoms with E-state index in [9.17, 15) is 4.79 Å². The maximum atomic E-state index is 10.6. The number of hydrazine groups is 1. The molecule has 0 atom stereocenters. The third-order valence-electron chi connectivity index (χ3n) is 3.64. The normalized spacial score (nSPS) is 11.8. The van der Waals surface area contributed by atoms with Crippen LogP contribution in [0.2, 0.25) is 0 Å². The van der Waals surface area contributed by atoms with Crippen LogP contribution in [0.1, 0.15) is 26.2 Å². The lowest BCUT2D eigenvalue weighted by Gasteiger charge is -2.20. The molecule has 0 aliphatic heterocycles. The molecule has 0 aliphatic rings. The number of carboxylic acids is 1.